The van der Waals surface area contributed by atoms with E-state index < -0.39 is 0 Å². The Hall–Kier alpha value is -2.46. The highest BCUT2D eigenvalue weighted by Gasteiger charge is 2.34. The van der Waals surface area contributed by atoms with Gasteiger partial charge in [-0.3, -0.25) is 4.90 Å². The summed E-state index contributed by atoms with van der Waals surface area (Å²) in [7, 11) is 2.08. The van der Waals surface area contributed by atoms with Crippen molar-refractivity contribution < 1.29 is 4.52 Å². The maximum absolute atomic E-state index is 9.20. The van der Waals surface area contributed by atoms with Gasteiger partial charge in [-0.1, -0.05) is 11.2 Å². The van der Waals surface area contributed by atoms with Crippen LogP contribution in [0, 0.1) is 18.3 Å². The van der Waals surface area contributed by atoms with Crippen molar-refractivity contribution in [3.8, 4) is 6.07 Å². The Kier molecular flexibility index (Phi) is 3.69. The lowest BCUT2D eigenvalue weighted by Gasteiger charge is -2.38. The number of hydrogen-bond acceptors (Lipinski definition) is 7. The number of hydrogen-bond donors (Lipinski definition) is 0. The Bertz CT molecular complexity index is 791. The predicted octanol–water partition coefficient (Wildman–Crippen LogP) is 2.02. The van der Waals surface area contributed by atoms with Crippen LogP contribution in [-0.2, 0) is 0 Å². The molecule has 2 aromatic rings. The summed E-state index contributed by atoms with van der Waals surface area (Å²) in [5.41, 5.74) is 1.38. The molecule has 3 heterocycles. The van der Waals surface area contributed by atoms with Crippen molar-refractivity contribution in [3.05, 3.63) is 35.1 Å². The molecule has 124 valence electrons. The van der Waals surface area contributed by atoms with Crippen LogP contribution in [0.3, 0.4) is 0 Å². The van der Waals surface area contributed by atoms with Gasteiger partial charge in [-0.25, -0.2) is 4.98 Å². The molecule has 1 aliphatic carbocycles. The van der Waals surface area contributed by atoms with Gasteiger partial charge in [0.25, 0.3) is 0 Å². The molecule has 1 unspecified atom stereocenters. The number of pyridine rings is 1. The standard InChI is InChI=1S/C17H20N6O/c1-11-3-6-15(19-13(11)9-18)23-8-7-22(2)14(10-23)17-20-16(21-24-17)12-4-5-12/h3,6,12,14H,4-5,7-8,10H2,1-2H3. The van der Waals surface area contributed by atoms with Crippen LogP contribution in [0.1, 0.15) is 47.8 Å². The fourth-order valence-electron chi connectivity index (χ4n) is 3.05. The smallest absolute Gasteiger partial charge is 0.245 e. The van der Waals surface area contributed by atoms with Gasteiger partial charge in [0.05, 0.1) is 0 Å². The summed E-state index contributed by atoms with van der Waals surface area (Å²) in [5.74, 6) is 2.84. The van der Waals surface area contributed by atoms with E-state index in [1.54, 1.807) is 0 Å². The van der Waals surface area contributed by atoms with E-state index in [2.05, 4.69) is 38.0 Å². The summed E-state index contributed by atoms with van der Waals surface area (Å²) >= 11 is 0. The van der Waals surface area contributed by atoms with Crippen LogP contribution in [0.5, 0.6) is 0 Å². The van der Waals surface area contributed by atoms with E-state index in [0.29, 0.717) is 17.5 Å². The third-order valence-corrected chi connectivity index (χ3v) is 4.85. The molecule has 4 rings (SSSR count). The van der Waals surface area contributed by atoms with Crippen LogP contribution in [-0.4, -0.2) is 46.7 Å². The van der Waals surface area contributed by atoms with Gasteiger partial charge in [0.2, 0.25) is 5.89 Å². The van der Waals surface area contributed by atoms with Crippen molar-refractivity contribution >= 4 is 5.82 Å². The first-order valence-corrected chi connectivity index (χ1v) is 8.32. The molecule has 0 aromatic carbocycles. The Morgan fingerprint density at radius 2 is 2.08 bits per heavy atom. The van der Waals surface area contributed by atoms with Gasteiger partial charge < -0.3 is 9.42 Å². The number of anilines is 1. The molecule has 2 aliphatic rings. The van der Waals surface area contributed by atoms with Crippen molar-refractivity contribution in [3.63, 3.8) is 0 Å². The maximum atomic E-state index is 9.20. The van der Waals surface area contributed by atoms with Crippen molar-refractivity contribution in [2.75, 3.05) is 31.6 Å². The van der Waals surface area contributed by atoms with E-state index in [-0.39, 0.29) is 6.04 Å². The van der Waals surface area contributed by atoms with Crippen LogP contribution < -0.4 is 4.90 Å². The third kappa shape index (κ3) is 2.74. The molecular weight excluding hydrogens is 304 g/mol. The molecule has 1 aliphatic heterocycles. The molecule has 0 bridgehead atoms. The SMILES string of the molecule is Cc1ccc(N2CCN(C)C(c3nc(C4CC4)no3)C2)nc1C#N. The van der Waals surface area contributed by atoms with Crippen molar-refractivity contribution in [2.45, 2.75) is 31.7 Å². The number of aryl methyl sites for hydroxylation is 1. The van der Waals surface area contributed by atoms with Crippen LogP contribution in [0.2, 0.25) is 0 Å². The molecule has 0 amide bonds. The lowest BCUT2D eigenvalue weighted by molar-refractivity contribution is 0.177. The second kappa shape index (κ2) is 5.87. The molecule has 7 nitrogen and oxygen atoms in total. The third-order valence-electron chi connectivity index (χ3n) is 4.85. The number of aromatic nitrogens is 3. The van der Waals surface area contributed by atoms with Crippen LogP contribution in [0.4, 0.5) is 5.82 Å². The molecule has 1 saturated carbocycles. The quantitative estimate of drug-likeness (QED) is 0.854. The highest BCUT2D eigenvalue weighted by atomic mass is 16.5. The van der Waals surface area contributed by atoms with E-state index in [1.807, 2.05) is 19.1 Å². The average Bonchev–Trinajstić information content (AvgIpc) is 3.33. The highest BCUT2D eigenvalue weighted by Crippen LogP contribution is 2.39. The van der Waals surface area contributed by atoms with Gasteiger partial charge in [-0.15, -0.1) is 0 Å². The van der Waals surface area contributed by atoms with Gasteiger partial charge in [-0.2, -0.15) is 10.2 Å². The molecule has 0 N–H and O–H groups in total. The first-order valence-electron chi connectivity index (χ1n) is 8.32. The molecule has 1 saturated heterocycles. The van der Waals surface area contributed by atoms with Crippen molar-refractivity contribution in [2.24, 2.45) is 0 Å². The summed E-state index contributed by atoms with van der Waals surface area (Å²) in [6.07, 6.45) is 2.33. The molecule has 0 spiro atoms. The van der Waals surface area contributed by atoms with E-state index >= 15 is 0 Å². The number of piperazine rings is 1. The number of rotatable bonds is 3. The van der Waals surface area contributed by atoms with Gasteiger partial charge in [0.1, 0.15) is 23.6 Å². The van der Waals surface area contributed by atoms with Crippen LogP contribution in [0.25, 0.3) is 0 Å². The normalized spacial score (nSPS) is 21.7. The van der Waals surface area contributed by atoms with Gasteiger partial charge >= 0.3 is 0 Å². The number of nitriles is 1. The van der Waals surface area contributed by atoms with Crippen molar-refractivity contribution in [1.82, 2.24) is 20.0 Å². The Labute approximate surface area is 140 Å². The molecular formula is C17H20N6O. The topological polar surface area (TPSA) is 82.1 Å². The fourth-order valence-corrected chi connectivity index (χ4v) is 3.05. The summed E-state index contributed by atoms with van der Waals surface area (Å²) in [5, 5.41) is 13.3. The summed E-state index contributed by atoms with van der Waals surface area (Å²) in [6.45, 7) is 4.37. The molecule has 1 atom stereocenters. The largest absolute Gasteiger partial charge is 0.353 e. The zero-order valence-electron chi connectivity index (χ0n) is 13.9. The van der Waals surface area contributed by atoms with E-state index in [0.717, 1.165) is 49.7 Å². The predicted molar refractivity (Wildman–Crippen MR) is 87.5 cm³/mol. The summed E-state index contributed by atoms with van der Waals surface area (Å²) in [6, 6.07) is 6.13. The Morgan fingerprint density at radius 1 is 1.25 bits per heavy atom. The second-order valence-electron chi connectivity index (χ2n) is 6.65. The first-order chi connectivity index (χ1) is 11.7. The summed E-state index contributed by atoms with van der Waals surface area (Å²) < 4.78 is 5.52. The van der Waals surface area contributed by atoms with Crippen molar-refractivity contribution in [1.29, 1.82) is 5.26 Å². The van der Waals surface area contributed by atoms with E-state index in [4.69, 9.17) is 4.52 Å². The fraction of sp³-hybridized carbons (Fsp3) is 0.529. The lowest BCUT2D eigenvalue weighted by Crippen LogP contribution is -2.47. The minimum Gasteiger partial charge on any atom is -0.353 e. The number of nitrogens with zero attached hydrogens (tertiary/aromatic N) is 6. The number of likely N-dealkylation sites (N-methyl/N-ethyl adjacent to an activating group) is 1. The molecule has 2 fully saturated rings. The Morgan fingerprint density at radius 3 is 2.83 bits per heavy atom. The van der Waals surface area contributed by atoms with E-state index in [9.17, 15) is 5.26 Å². The highest BCUT2D eigenvalue weighted by molar-refractivity contribution is 5.45. The van der Waals surface area contributed by atoms with E-state index in [1.165, 1.54) is 0 Å². The second-order valence-corrected chi connectivity index (χ2v) is 6.65. The monoisotopic (exact) mass is 324 g/mol. The Balaban J connectivity index is 1.57. The summed E-state index contributed by atoms with van der Waals surface area (Å²) in [4.78, 5) is 13.5. The van der Waals surface area contributed by atoms with Crippen LogP contribution in [0.15, 0.2) is 16.7 Å². The molecule has 0 radical (unpaired) electrons. The maximum Gasteiger partial charge on any atom is 0.245 e. The van der Waals surface area contributed by atoms with Gasteiger partial charge in [0, 0.05) is 25.6 Å². The zero-order chi connectivity index (χ0) is 16.7. The molecule has 7 heteroatoms. The molecule has 2 aromatic heterocycles. The first kappa shape index (κ1) is 15.1. The van der Waals surface area contributed by atoms with Gasteiger partial charge in [-0.05, 0) is 38.4 Å². The van der Waals surface area contributed by atoms with Crippen LogP contribution >= 0.6 is 0 Å². The van der Waals surface area contributed by atoms with Gasteiger partial charge in [0.15, 0.2) is 5.82 Å². The minimum atomic E-state index is 0.0485. The average molecular weight is 324 g/mol. The molecule has 24 heavy (non-hydrogen) atoms. The zero-order valence-corrected chi connectivity index (χ0v) is 13.9. The minimum absolute atomic E-state index is 0.0485. The lowest BCUT2D eigenvalue weighted by atomic mass is 10.1.